The maximum atomic E-state index is 12.5. The molecule has 2 heterocycles. The second kappa shape index (κ2) is 6.92. The van der Waals surface area contributed by atoms with Crippen LogP contribution in [0.3, 0.4) is 0 Å². The lowest BCUT2D eigenvalue weighted by molar-refractivity contribution is 0.0854. The van der Waals surface area contributed by atoms with E-state index in [0.717, 1.165) is 25.2 Å². The minimum Gasteiger partial charge on any atom is -0.367 e. The SMILES string of the molecule is CCOCn1c2c(c(=O)[nH]c1=O)N(C)CCCN2c1ccccc1. The van der Waals surface area contributed by atoms with E-state index < -0.39 is 5.69 Å². The molecule has 24 heavy (non-hydrogen) atoms. The van der Waals surface area contributed by atoms with Gasteiger partial charge in [0.2, 0.25) is 0 Å². The van der Waals surface area contributed by atoms with Crippen molar-refractivity contribution >= 4 is 17.2 Å². The number of nitrogens with zero attached hydrogens (tertiary/aromatic N) is 3. The summed E-state index contributed by atoms with van der Waals surface area (Å²) in [5.74, 6) is 0.586. The molecule has 128 valence electrons. The van der Waals surface area contributed by atoms with E-state index in [1.54, 1.807) is 0 Å². The molecule has 7 heteroatoms. The van der Waals surface area contributed by atoms with Gasteiger partial charge in [0.1, 0.15) is 18.2 Å². The highest BCUT2D eigenvalue weighted by atomic mass is 16.5. The molecule has 1 aromatic carbocycles. The average molecular weight is 330 g/mol. The predicted molar refractivity (Wildman–Crippen MR) is 94.3 cm³/mol. The summed E-state index contributed by atoms with van der Waals surface area (Å²) < 4.78 is 6.96. The van der Waals surface area contributed by atoms with Gasteiger partial charge in [-0.1, -0.05) is 18.2 Å². The number of aromatic nitrogens is 2. The number of anilines is 3. The number of ether oxygens (including phenoxy) is 1. The first kappa shape index (κ1) is 16.3. The van der Waals surface area contributed by atoms with Crippen molar-refractivity contribution in [1.29, 1.82) is 0 Å². The Morgan fingerprint density at radius 2 is 1.92 bits per heavy atom. The Morgan fingerprint density at radius 3 is 2.62 bits per heavy atom. The van der Waals surface area contributed by atoms with Crippen LogP contribution in [0.2, 0.25) is 0 Å². The number of benzene rings is 1. The maximum Gasteiger partial charge on any atom is 0.331 e. The monoisotopic (exact) mass is 330 g/mol. The number of nitrogens with one attached hydrogen (secondary N) is 1. The lowest BCUT2D eigenvalue weighted by atomic mass is 10.2. The average Bonchev–Trinajstić information content (AvgIpc) is 2.75. The molecule has 0 bridgehead atoms. The topological polar surface area (TPSA) is 70.6 Å². The maximum absolute atomic E-state index is 12.5. The van der Waals surface area contributed by atoms with Crippen LogP contribution in [0.1, 0.15) is 13.3 Å². The molecule has 0 atom stereocenters. The van der Waals surface area contributed by atoms with Gasteiger partial charge in [-0.15, -0.1) is 0 Å². The largest absolute Gasteiger partial charge is 0.367 e. The third kappa shape index (κ3) is 2.94. The summed E-state index contributed by atoms with van der Waals surface area (Å²) in [7, 11) is 1.87. The number of fused-ring (bicyclic) bond motifs is 1. The van der Waals surface area contributed by atoms with Gasteiger partial charge in [-0.2, -0.15) is 0 Å². The molecule has 0 fully saturated rings. The summed E-state index contributed by atoms with van der Waals surface area (Å²) in [6.45, 7) is 3.92. The summed E-state index contributed by atoms with van der Waals surface area (Å²) in [5.41, 5.74) is 0.622. The molecule has 7 nitrogen and oxygen atoms in total. The van der Waals surface area contributed by atoms with Gasteiger partial charge in [0, 0.05) is 32.4 Å². The Hall–Kier alpha value is -2.54. The van der Waals surface area contributed by atoms with Gasteiger partial charge >= 0.3 is 5.69 Å². The van der Waals surface area contributed by atoms with Gasteiger partial charge in [0.15, 0.2) is 0 Å². The van der Waals surface area contributed by atoms with Crippen LogP contribution >= 0.6 is 0 Å². The van der Waals surface area contributed by atoms with E-state index in [2.05, 4.69) is 4.98 Å². The van der Waals surface area contributed by atoms with E-state index in [0.29, 0.717) is 18.1 Å². The number of hydrogen-bond donors (Lipinski definition) is 1. The standard InChI is InChI=1S/C17H22N4O3/c1-3-24-12-21-16-14(15(22)18-17(21)23)19(2)10-7-11-20(16)13-8-5-4-6-9-13/h4-6,8-9H,3,7,10-12H2,1-2H3,(H,18,22,23). The van der Waals surface area contributed by atoms with E-state index in [1.165, 1.54) is 4.57 Å². The lowest BCUT2D eigenvalue weighted by Gasteiger charge is -2.28. The molecule has 0 saturated heterocycles. The molecule has 3 rings (SSSR count). The van der Waals surface area contributed by atoms with Crippen LogP contribution < -0.4 is 21.0 Å². The molecular formula is C17H22N4O3. The molecular weight excluding hydrogens is 308 g/mol. The zero-order valence-electron chi connectivity index (χ0n) is 14.0. The summed E-state index contributed by atoms with van der Waals surface area (Å²) in [5, 5.41) is 0. The number of para-hydroxylation sites is 1. The Bertz CT molecular complexity index is 813. The molecule has 0 spiro atoms. The summed E-state index contributed by atoms with van der Waals surface area (Å²) in [6, 6.07) is 9.79. The normalized spacial score (nSPS) is 14.4. The van der Waals surface area contributed by atoms with Crippen LogP contribution in [0.15, 0.2) is 39.9 Å². The smallest absolute Gasteiger partial charge is 0.331 e. The Labute approximate surface area is 140 Å². The number of H-pyrrole nitrogens is 1. The first-order valence-electron chi connectivity index (χ1n) is 8.12. The highest BCUT2D eigenvalue weighted by Gasteiger charge is 2.27. The van der Waals surface area contributed by atoms with E-state index in [9.17, 15) is 9.59 Å². The lowest BCUT2D eigenvalue weighted by Crippen LogP contribution is -2.38. The number of rotatable bonds is 4. The van der Waals surface area contributed by atoms with Gasteiger partial charge in [-0.3, -0.25) is 14.3 Å². The quantitative estimate of drug-likeness (QED) is 0.920. The van der Waals surface area contributed by atoms with Gasteiger partial charge in [0.05, 0.1) is 0 Å². The summed E-state index contributed by atoms with van der Waals surface area (Å²) >= 11 is 0. The minimum atomic E-state index is -0.455. The van der Waals surface area contributed by atoms with Gasteiger partial charge < -0.3 is 14.5 Å². The zero-order chi connectivity index (χ0) is 17.1. The second-order valence-corrected chi connectivity index (χ2v) is 5.74. The van der Waals surface area contributed by atoms with Crippen molar-refractivity contribution in [2.75, 3.05) is 36.5 Å². The Morgan fingerprint density at radius 1 is 1.17 bits per heavy atom. The van der Waals surface area contributed by atoms with Crippen molar-refractivity contribution in [1.82, 2.24) is 9.55 Å². The molecule has 1 aliphatic heterocycles. The van der Waals surface area contributed by atoms with Gasteiger partial charge in [-0.25, -0.2) is 4.79 Å². The second-order valence-electron chi connectivity index (χ2n) is 5.74. The third-order valence-electron chi connectivity index (χ3n) is 4.15. The van der Waals surface area contributed by atoms with Crippen molar-refractivity contribution < 1.29 is 4.74 Å². The third-order valence-corrected chi connectivity index (χ3v) is 4.15. The molecule has 1 aliphatic rings. The van der Waals surface area contributed by atoms with E-state index in [4.69, 9.17) is 4.74 Å². The van der Waals surface area contributed by atoms with Gasteiger partial charge in [-0.05, 0) is 25.5 Å². The van der Waals surface area contributed by atoms with Crippen LogP contribution in [-0.4, -0.2) is 36.3 Å². The molecule has 0 aliphatic carbocycles. The fraction of sp³-hybridized carbons (Fsp3) is 0.412. The Kier molecular flexibility index (Phi) is 4.71. The van der Waals surface area contributed by atoms with Crippen LogP contribution in [0.5, 0.6) is 0 Å². The van der Waals surface area contributed by atoms with Crippen molar-refractivity contribution in [3.05, 3.63) is 51.2 Å². The first-order valence-corrected chi connectivity index (χ1v) is 8.12. The molecule has 1 aromatic heterocycles. The summed E-state index contributed by atoms with van der Waals surface area (Å²) in [4.78, 5) is 31.2. The number of hydrogen-bond acceptors (Lipinski definition) is 5. The van der Waals surface area contributed by atoms with Crippen molar-refractivity contribution in [2.45, 2.75) is 20.1 Å². The van der Waals surface area contributed by atoms with E-state index in [-0.39, 0.29) is 12.3 Å². The molecule has 1 N–H and O–H groups in total. The molecule has 0 unspecified atom stereocenters. The number of aromatic amines is 1. The highest BCUT2D eigenvalue weighted by molar-refractivity contribution is 5.74. The van der Waals surface area contributed by atoms with Crippen molar-refractivity contribution in [3.8, 4) is 0 Å². The molecule has 0 amide bonds. The van der Waals surface area contributed by atoms with Crippen molar-refractivity contribution in [3.63, 3.8) is 0 Å². The molecule has 2 aromatic rings. The van der Waals surface area contributed by atoms with Crippen LogP contribution in [0, 0.1) is 0 Å². The summed E-state index contributed by atoms with van der Waals surface area (Å²) in [6.07, 6.45) is 0.877. The molecule has 0 radical (unpaired) electrons. The van der Waals surface area contributed by atoms with Crippen LogP contribution in [0.4, 0.5) is 17.2 Å². The highest BCUT2D eigenvalue weighted by Crippen LogP contribution is 2.33. The first-order chi connectivity index (χ1) is 11.6. The molecule has 0 saturated carbocycles. The van der Waals surface area contributed by atoms with E-state index in [1.807, 2.05) is 54.1 Å². The zero-order valence-corrected chi connectivity index (χ0v) is 14.0. The van der Waals surface area contributed by atoms with Crippen LogP contribution in [0.25, 0.3) is 0 Å². The van der Waals surface area contributed by atoms with Gasteiger partial charge in [0.25, 0.3) is 5.56 Å². The fourth-order valence-corrected chi connectivity index (χ4v) is 3.01. The fourth-order valence-electron chi connectivity index (χ4n) is 3.01. The van der Waals surface area contributed by atoms with E-state index >= 15 is 0 Å². The van der Waals surface area contributed by atoms with Crippen molar-refractivity contribution in [2.24, 2.45) is 0 Å². The predicted octanol–water partition coefficient (Wildman–Crippen LogP) is 1.51. The minimum absolute atomic E-state index is 0.103. The Balaban J connectivity index is 2.26. The van der Waals surface area contributed by atoms with Crippen LogP contribution in [-0.2, 0) is 11.5 Å².